The Bertz CT molecular complexity index is 961. The summed E-state index contributed by atoms with van der Waals surface area (Å²) in [4.78, 5) is 19.3. The van der Waals surface area contributed by atoms with Crippen LogP contribution in [0.15, 0.2) is 47.3 Å². The fourth-order valence-electron chi connectivity index (χ4n) is 3.30. The highest BCUT2D eigenvalue weighted by molar-refractivity contribution is 5.79. The fraction of sp³-hybridized carbons (Fsp3) is 0.300. The van der Waals surface area contributed by atoms with Gasteiger partial charge in [0.05, 0.1) is 23.6 Å². The van der Waals surface area contributed by atoms with E-state index in [0.29, 0.717) is 27.9 Å². The molecule has 4 rings (SSSR count). The Labute approximate surface area is 144 Å². The number of hydrogen-bond donors (Lipinski definition) is 1. The molecule has 128 valence electrons. The summed E-state index contributed by atoms with van der Waals surface area (Å²) >= 11 is 0. The molecule has 1 saturated carbocycles. The first-order valence-electron chi connectivity index (χ1n) is 8.60. The van der Waals surface area contributed by atoms with Gasteiger partial charge in [0.25, 0.3) is 5.56 Å². The first kappa shape index (κ1) is 16.0. The van der Waals surface area contributed by atoms with Gasteiger partial charge in [-0.25, -0.2) is 9.37 Å². The maximum Gasteiger partial charge on any atom is 0.259 e. The molecule has 1 aromatic heterocycles. The molecule has 0 amide bonds. The minimum atomic E-state index is -0.341. The highest BCUT2D eigenvalue weighted by Gasteiger charge is 2.16. The SMILES string of the molecule is O=c1[nH]c(-c2ccc(COC3CCCC3)c(F)c2)nc2ccccc12. The first-order valence-corrected chi connectivity index (χ1v) is 8.60. The second-order valence-corrected chi connectivity index (χ2v) is 6.46. The summed E-state index contributed by atoms with van der Waals surface area (Å²) in [5.41, 5.74) is 1.44. The van der Waals surface area contributed by atoms with E-state index < -0.39 is 0 Å². The van der Waals surface area contributed by atoms with Gasteiger partial charge in [0.15, 0.2) is 0 Å². The molecular formula is C20H19FN2O2. The number of fused-ring (bicyclic) bond motifs is 1. The maximum absolute atomic E-state index is 14.4. The van der Waals surface area contributed by atoms with Crippen molar-refractivity contribution in [3.63, 3.8) is 0 Å². The molecule has 1 heterocycles. The topological polar surface area (TPSA) is 55.0 Å². The van der Waals surface area contributed by atoms with Gasteiger partial charge in [-0.15, -0.1) is 0 Å². The number of para-hydroxylation sites is 1. The molecule has 1 N–H and O–H groups in total. The van der Waals surface area contributed by atoms with Crippen molar-refractivity contribution in [2.24, 2.45) is 0 Å². The lowest BCUT2D eigenvalue weighted by molar-refractivity contribution is 0.0441. The predicted octanol–water partition coefficient (Wildman–Crippen LogP) is 4.19. The van der Waals surface area contributed by atoms with E-state index in [1.165, 1.54) is 18.9 Å². The van der Waals surface area contributed by atoms with Gasteiger partial charge in [-0.3, -0.25) is 4.79 Å². The number of halogens is 1. The molecule has 0 bridgehead atoms. The molecule has 25 heavy (non-hydrogen) atoms. The van der Waals surface area contributed by atoms with E-state index in [0.717, 1.165) is 12.8 Å². The van der Waals surface area contributed by atoms with E-state index in [2.05, 4.69) is 9.97 Å². The van der Waals surface area contributed by atoms with Gasteiger partial charge in [0.2, 0.25) is 0 Å². The van der Waals surface area contributed by atoms with E-state index in [1.54, 1.807) is 30.3 Å². The molecule has 0 unspecified atom stereocenters. The summed E-state index contributed by atoms with van der Waals surface area (Å²) in [5, 5.41) is 0.522. The molecule has 0 atom stereocenters. The molecule has 0 saturated heterocycles. The van der Waals surface area contributed by atoms with Crippen molar-refractivity contribution < 1.29 is 9.13 Å². The number of H-pyrrole nitrogens is 1. The number of hydrogen-bond acceptors (Lipinski definition) is 3. The van der Waals surface area contributed by atoms with Crippen LogP contribution in [0.5, 0.6) is 0 Å². The van der Waals surface area contributed by atoms with Crippen molar-refractivity contribution in [3.8, 4) is 11.4 Å². The van der Waals surface area contributed by atoms with Crippen LogP contribution in [0, 0.1) is 5.82 Å². The number of ether oxygens (including phenoxy) is 1. The number of rotatable bonds is 4. The Morgan fingerprint density at radius 3 is 2.76 bits per heavy atom. The lowest BCUT2D eigenvalue weighted by Gasteiger charge is -2.12. The van der Waals surface area contributed by atoms with Crippen LogP contribution in [0.4, 0.5) is 4.39 Å². The lowest BCUT2D eigenvalue weighted by atomic mass is 10.1. The van der Waals surface area contributed by atoms with Gasteiger partial charge in [0.1, 0.15) is 11.6 Å². The molecule has 1 aliphatic carbocycles. The van der Waals surface area contributed by atoms with Crippen molar-refractivity contribution in [2.75, 3.05) is 0 Å². The van der Waals surface area contributed by atoms with Crippen LogP contribution in [0.2, 0.25) is 0 Å². The fourth-order valence-corrected chi connectivity index (χ4v) is 3.30. The Hall–Kier alpha value is -2.53. The molecular weight excluding hydrogens is 319 g/mol. The Morgan fingerprint density at radius 2 is 1.96 bits per heavy atom. The molecule has 1 aliphatic rings. The average molecular weight is 338 g/mol. The summed E-state index contributed by atoms with van der Waals surface area (Å²) in [5.74, 6) is 0.0252. The van der Waals surface area contributed by atoms with Gasteiger partial charge in [-0.05, 0) is 31.0 Å². The van der Waals surface area contributed by atoms with Crippen molar-refractivity contribution in [1.82, 2.24) is 9.97 Å². The van der Waals surface area contributed by atoms with Gasteiger partial charge < -0.3 is 9.72 Å². The summed E-state index contributed by atoms with van der Waals surface area (Å²) in [7, 11) is 0. The zero-order valence-corrected chi connectivity index (χ0v) is 13.8. The summed E-state index contributed by atoms with van der Waals surface area (Å²) in [6, 6.07) is 12.0. The molecule has 0 radical (unpaired) electrons. The Kier molecular flexibility index (Phi) is 4.32. The Morgan fingerprint density at radius 1 is 1.16 bits per heavy atom. The minimum absolute atomic E-state index is 0.227. The van der Waals surface area contributed by atoms with Crippen LogP contribution in [0.1, 0.15) is 31.2 Å². The molecule has 4 nitrogen and oxygen atoms in total. The smallest absolute Gasteiger partial charge is 0.259 e. The minimum Gasteiger partial charge on any atom is -0.373 e. The zero-order valence-electron chi connectivity index (χ0n) is 13.8. The number of nitrogens with zero attached hydrogens (tertiary/aromatic N) is 1. The van der Waals surface area contributed by atoms with Crippen LogP contribution in [-0.4, -0.2) is 16.1 Å². The van der Waals surface area contributed by atoms with E-state index >= 15 is 0 Å². The largest absolute Gasteiger partial charge is 0.373 e. The number of aromatic amines is 1. The highest BCUT2D eigenvalue weighted by atomic mass is 19.1. The lowest BCUT2D eigenvalue weighted by Crippen LogP contribution is -2.10. The average Bonchev–Trinajstić information content (AvgIpc) is 3.14. The summed E-state index contributed by atoms with van der Waals surface area (Å²) in [6.07, 6.45) is 4.74. The summed E-state index contributed by atoms with van der Waals surface area (Å²) < 4.78 is 20.2. The van der Waals surface area contributed by atoms with Crippen molar-refractivity contribution in [1.29, 1.82) is 0 Å². The maximum atomic E-state index is 14.4. The first-order chi connectivity index (χ1) is 12.2. The van der Waals surface area contributed by atoms with Gasteiger partial charge in [-0.2, -0.15) is 0 Å². The third-order valence-corrected chi connectivity index (χ3v) is 4.72. The van der Waals surface area contributed by atoms with Crippen molar-refractivity contribution in [2.45, 2.75) is 38.4 Å². The van der Waals surface area contributed by atoms with Crippen LogP contribution in [0.25, 0.3) is 22.3 Å². The van der Waals surface area contributed by atoms with E-state index in [1.807, 2.05) is 6.07 Å². The monoisotopic (exact) mass is 338 g/mol. The van der Waals surface area contributed by atoms with Gasteiger partial charge >= 0.3 is 0 Å². The number of nitrogens with one attached hydrogen (secondary N) is 1. The van der Waals surface area contributed by atoms with Crippen LogP contribution < -0.4 is 5.56 Å². The molecule has 3 aromatic rings. The second-order valence-electron chi connectivity index (χ2n) is 6.46. The quantitative estimate of drug-likeness (QED) is 0.776. The third-order valence-electron chi connectivity index (χ3n) is 4.72. The predicted molar refractivity (Wildman–Crippen MR) is 94.8 cm³/mol. The standard InChI is InChI=1S/C20H19FN2O2/c21-17-11-13(9-10-14(17)12-25-15-5-1-2-6-15)19-22-18-8-4-3-7-16(18)20(24)23-19/h3-4,7-11,15H,1-2,5-6,12H2,(H,22,23,24). The van der Waals surface area contributed by atoms with Crippen LogP contribution >= 0.6 is 0 Å². The molecule has 5 heteroatoms. The van der Waals surface area contributed by atoms with Gasteiger partial charge in [-0.1, -0.05) is 37.1 Å². The van der Waals surface area contributed by atoms with Crippen LogP contribution in [-0.2, 0) is 11.3 Å². The number of benzene rings is 2. The van der Waals surface area contributed by atoms with Crippen molar-refractivity contribution in [3.05, 3.63) is 64.2 Å². The Balaban J connectivity index is 1.60. The molecule has 1 fully saturated rings. The second kappa shape index (κ2) is 6.76. The molecule has 2 aromatic carbocycles. The van der Waals surface area contributed by atoms with Crippen molar-refractivity contribution >= 4 is 10.9 Å². The molecule has 0 aliphatic heterocycles. The van der Waals surface area contributed by atoms with Gasteiger partial charge in [0, 0.05) is 11.1 Å². The number of aromatic nitrogens is 2. The molecule has 0 spiro atoms. The third kappa shape index (κ3) is 3.33. The summed E-state index contributed by atoms with van der Waals surface area (Å²) in [6.45, 7) is 0.276. The van der Waals surface area contributed by atoms with E-state index in [9.17, 15) is 9.18 Å². The van der Waals surface area contributed by atoms with E-state index in [4.69, 9.17) is 4.74 Å². The normalized spacial score (nSPS) is 15.1. The van der Waals surface area contributed by atoms with E-state index in [-0.39, 0.29) is 24.1 Å². The van der Waals surface area contributed by atoms with Crippen LogP contribution in [0.3, 0.4) is 0 Å². The zero-order chi connectivity index (χ0) is 17.2. The highest BCUT2D eigenvalue weighted by Crippen LogP contribution is 2.24.